The predicted octanol–water partition coefficient (Wildman–Crippen LogP) is 3.12. The van der Waals surface area contributed by atoms with Gasteiger partial charge in [0.15, 0.2) is 0 Å². The van der Waals surface area contributed by atoms with Crippen molar-refractivity contribution < 1.29 is 4.79 Å². The molecule has 1 aromatic heterocycles. The fourth-order valence-electron chi connectivity index (χ4n) is 1.74. The van der Waals surface area contributed by atoms with Gasteiger partial charge in [0.25, 0.3) is 0 Å². The van der Waals surface area contributed by atoms with Gasteiger partial charge in [-0.25, -0.2) is 4.98 Å². The minimum atomic E-state index is -0.523. The maximum Gasteiger partial charge on any atom is 0.250 e. The summed E-state index contributed by atoms with van der Waals surface area (Å²) < 4.78 is 0. The molecule has 1 heterocycles. The summed E-state index contributed by atoms with van der Waals surface area (Å²) in [7, 11) is 0. The number of nitrogens with one attached hydrogen (secondary N) is 1. The van der Waals surface area contributed by atoms with E-state index in [4.69, 9.17) is 17.3 Å². The van der Waals surface area contributed by atoms with Gasteiger partial charge >= 0.3 is 0 Å². The van der Waals surface area contributed by atoms with Crippen molar-refractivity contribution in [2.45, 2.75) is 20.4 Å². The summed E-state index contributed by atoms with van der Waals surface area (Å²) in [5.41, 5.74) is 7.42. The van der Waals surface area contributed by atoms with Gasteiger partial charge in [-0.3, -0.25) is 4.79 Å². The Bertz CT molecular complexity index is 624. The van der Waals surface area contributed by atoms with Crippen molar-refractivity contribution in [3.8, 4) is 0 Å². The van der Waals surface area contributed by atoms with Crippen molar-refractivity contribution in [3.05, 3.63) is 44.4 Å². The van der Waals surface area contributed by atoms with E-state index < -0.39 is 5.91 Å². The Labute approximate surface area is 120 Å². The van der Waals surface area contributed by atoms with Crippen molar-refractivity contribution in [2.75, 3.05) is 5.32 Å². The highest BCUT2D eigenvalue weighted by Gasteiger charge is 2.08. The molecule has 2 rings (SSSR count). The normalized spacial score (nSPS) is 10.5. The molecule has 4 nitrogen and oxygen atoms in total. The van der Waals surface area contributed by atoms with E-state index in [-0.39, 0.29) is 0 Å². The quantitative estimate of drug-likeness (QED) is 0.910. The van der Waals surface area contributed by atoms with E-state index in [9.17, 15) is 4.79 Å². The van der Waals surface area contributed by atoms with Crippen LogP contribution in [0.4, 0.5) is 5.69 Å². The van der Waals surface area contributed by atoms with Crippen LogP contribution in [-0.2, 0) is 6.54 Å². The molecule has 0 atom stereocenters. The molecule has 0 unspecified atom stereocenters. The zero-order chi connectivity index (χ0) is 14.0. The lowest BCUT2D eigenvalue weighted by Gasteiger charge is -2.07. The molecule has 0 radical (unpaired) electrons. The number of amides is 1. The van der Waals surface area contributed by atoms with Crippen LogP contribution in [0.15, 0.2) is 18.2 Å². The van der Waals surface area contributed by atoms with Crippen LogP contribution in [-0.4, -0.2) is 10.9 Å². The maximum atomic E-state index is 11.1. The number of thiazole rings is 1. The number of carbonyl (C=O) groups excluding carboxylic acids is 1. The monoisotopic (exact) mass is 295 g/mol. The fourth-order valence-corrected chi connectivity index (χ4v) is 2.90. The summed E-state index contributed by atoms with van der Waals surface area (Å²) >= 11 is 7.66. The molecule has 0 saturated heterocycles. The van der Waals surface area contributed by atoms with Crippen LogP contribution in [0, 0.1) is 13.8 Å². The first-order valence-corrected chi connectivity index (χ1v) is 6.93. The van der Waals surface area contributed by atoms with E-state index in [1.165, 1.54) is 4.88 Å². The summed E-state index contributed by atoms with van der Waals surface area (Å²) in [6.45, 7) is 4.66. The van der Waals surface area contributed by atoms with E-state index in [0.29, 0.717) is 17.1 Å². The van der Waals surface area contributed by atoms with Gasteiger partial charge in [0.1, 0.15) is 0 Å². The Morgan fingerprint density at radius 3 is 2.74 bits per heavy atom. The van der Waals surface area contributed by atoms with E-state index in [0.717, 1.165) is 16.4 Å². The van der Waals surface area contributed by atoms with Crippen LogP contribution in [0.3, 0.4) is 0 Å². The molecule has 3 N–H and O–H groups in total. The lowest BCUT2D eigenvalue weighted by atomic mass is 10.2. The molecule has 0 aliphatic carbocycles. The number of carbonyl (C=O) groups is 1. The molecule has 1 amide bonds. The zero-order valence-electron chi connectivity index (χ0n) is 10.7. The first-order valence-electron chi connectivity index (χ1n) is 5.73. The predicted molar refractivity (Wildman–Crippen MR) is 78.9 cm³/mol. The van der Waals surface area contributed by atoms with Crippen LogP contribution < -0.4 is 11.1 Å². The molecule has 19 heavy (non-hydrogen) atoms. The summed E-state index contributed by atoms with van der Waals surface area (Å²) in [5.74, 6) is -0.523. The molecule has 2 aromatic rings. The first kappa shape index (κ1) is 13.8. The molecule has 6 heteroatoms. The molecule has 0 fully saturated rings. The first-order chi connectivity index (χ1) is 8.97. The van der Waals surface area contributed by atoms with Crippen LogP contribution >= 0.6 is 22.9 Å². The van der Waals surface area contributed by atoms with Crippen LogP contribution in [0.1, 0.15) is 25.9 Å². The second kappa shape index (κ2) is 5.59. The molecule has 0 spiro atoms. The van der Waals surface area contributed by atoms with Gasteiger partial charge < -0.3 is 11.1 Å². The Hall–Kier alpha value is -1.59. The Morgan fingerprint density at radius 2 is 2.21 bits per heavy atom. The summed E-state index contributed by atoms with van der Waals surface area (Å²) in [6, 6.07) is 5.11. The van der Waals surface area contributed by atoms with Gasteiger partial charge in [0, 0.05) is 10.6 Å². The molecule has 1 aromatic carbocycles. The number of benzene rings is 1. The van der Waals surface area contributed by atoms with Gasteiger partial charge in [-0.05, 0) is 32.0 Å². The van der Waals surface area contributed by atoms with Crippen molar-refractivity contribution in [1.29, 1.82) is 0 Å². The number of primary amides is 1. The minimum absolute atomic E-state index is 0.331. The minimum Gasteiger partial charge on any atom is -0.380 e. The lowest BCUT2D eigenvalue weighted by molar-refractivity contribution is 0.100. The maximum absolute atomic E-state index is 11.1. The molecule has 0 saturated carbocycles. The molecule has 0 aliphatic heterocycles. The van der Waals surface area contributed by atoms with Gasteiger partial charge in [0.2, 0.25) is 5.91 Å². The number of hydrogen-bond acceptors (Lipinski definition) is 4. The van der Waals surface area contributed by atoms with Crippen molar-refractivity contribution in [1.82, 2.24) is 4.98 Å². The van der Waals surface area contributed by atoms with E-state index in [1.54, 1.807) is 29.5 Å². The number of nitrogens with two attached hydrogens (primary N) is 1. The van der Waals surface area contributed by atoms with Crippen molar-refractivity contribution in [2.24, 2.45) is 5.73 Å². The number of aryl methyl sites for hydroxylation is 2. The standard InChI is InChI=1S/C13H14ClN3OS/c1-7-12(19-8(2)17-7)6-16-9-3-4-10(13(15)18)11(14)5-9/h3-5,16H,6H2,1-2H3,(H2,15,18). The van der Waals surface area contributed by atoms with Gasteiger partial charge in [-0.15, -0.1) is 11.3 Å². The Kier molecular flexibility index (Phi) is 4.07. The highest BCUT2D eigenvalue weighted by Crippen LogP contribution is 2.23. The van der Waals surface area contributed by atoms with Gasteiger partial charge in [-0.2, -0.15) is 0 Å². The number of aromatic nitrogens is 1. The number of nitrogens with zero attached hydrogens (tertiary/aromatic N) is 1. The van der Waals surface area contributed by atoms with E-state index in [2.05, 4.69) is 10.3 Å². The Balaban J connectivity index is 2.10. The third kappa shape index (κ3) is 3.24. The van der Waals surface area contributed by atoms with Gasteiger partial charge in [-0.1, -0.05) is 11.6 Å². The molecular weight excluding hydrogens is 282 g/mol. The molecular formula is C13H14ClN3OS. The number of hydrogen-bond donors (Lipinski definition) is 2. The summed E-state index contributed by atoms with van der Waals surface area (Å²) in [4.78, 5) is 16.6. The van der Waals surface area contributed by atoms with E-state index in [1.807, 2.05) is 13.8 Å². The number of halogens is 1. The number of anilines is 1. The average Bonchev–Trinajstić information content (AvgIpc) is 2.65. The SMILES string of the molecule is Cc1nc(C)c(CNc2ccc(C(N)=O)c(Cl)c2)s1. The van der Waals surface area contributed by atoms with Crippen molar-refractivity contribution in [3.63, 3.8) is 0 Å². The highest BCUT2D eigenvalue weighted by atomic mass is 35.5. The highest BCUT2D eigenvalue weighted by molar-refractivity contribution is 7.11. The topological polar surface area (TPSA) is 68.0 Å². The summed E-state index contributed by atoms with van der Waals surface area (Å²) in [5, 5.41) is 4.66. The van der Waals surface area contributed by atoms with Gasteiger partial charge in [0.05, 0.1) is 27.8 Å². The third-order valence-corrected chi connectivity index (χ3v) is 4.07. The second-order valence-electron chi connectivity index (χ2n) is 4.15. The van der Waals surface area contributed by atoms with Crippen LogP contribution in [0.5, 0.6) is 0 Å². The third-order valence-electron chi connectivity index (χ3n) is 2.69. The smallest absolute Gasteiger partial charge is 0.250 e. The second-order valence-corrected chi connectivity index (χ2v) is 5.85. The average molecular weight is 296 g/mol. The molecule has 0 aliphatic rings. The molecule has 100 valence electrons. The molecule has 0 bridgehead atoms. The zero-order valence-corrected chi connectivity index (χ0v) is 12.2. The Morgan fingerprint density at radius 1 is 1.47 bits per heavy atom. The van der Waals surface area contributed by atoms with Crippen molar-refractivity contribution >= 4 is 34.5 Å². The fraction of sp³-hybridized carbons (Fsp3) is 0.231. The summed E-state index contributed by atoms with van der Waals surface area (Å²) in [6.07, 6.45) is 0. The van der Waals surface area contributed by atoms with E-state index >= 15 is 0 Å². The number of rotatable bonds is 4. The lowest BCUT2D eigenvalue weighted by Crippen LogP contribution is -2.11. The largest absolute Gasteiger partial charge is 0.380 e. The van der Waals surface area contributed by atoms with Crippen LogP contribution in [0.25, 0.3) is 0 Å². The van der Waals surface area contributed by atoms with Crippen LogP contribution in [0.2, 0.25) is 5.02 Å².